The standard InChI is InChI=1S/C25H36BN3O4/c1-18-22(26-32-24(3,4)25(5,6)33-26)19(2)29(27-18)16-20-12-14-28(15-13-20)23(30)31-17-21-10-8-7-9-11-21/h7-11,20H,12-17H2,1-6H3. The summed E-state index contributed by atoms with van der Waals surface area (Å²) in [5.41, 5.74) is 3.34. The maximum atomic E-state index is 12.4. The minimum atomic E-state index is -0.398. The predicted octanol–water partition coefficient (Wildman–Crippen LogP) is 3.85. The monoisotopic (exact) mass is 453 g/mol. The maximum absolute atomic E-state index is 12.4. The molecule has 2 saturated heterocycles. The molecule has 0 atom stereocenters. The van der Waals surface area contributed by atoms with Gasteiger partial charge in [0.1, 0.15) is 6.61 Å². The fourth-order valence-corrected chi connectivity index (χ4v) is 4.54. The number of piperidine rings is 1. The average molecular weight is 453 g/mol. The van der Waals surface area contributed by atoms with Gasteiger partial charge in [0.05, 0.1) is 16.9 Å². The van der Waals surface area contributed by atoms with Gasteiger partial charge in [0, 0.05) is 30.8 Å². The van der Waals surface area contributed by atoms with Gasteiger partial charge in [0.2, 0.25) is 0 Å². The van der Waals surface area contributed by atoms with Gasteiger partial charge in [-0.15, -0.1) is 0 Å². The summed E-state index contributed by atoms with van der Waals surface area (Å²) in [6.45, 7) is 15.0. The summed E-state index contributed by atoms with van der Waals surface area (Å²) in [6, 6.07) is 9.78. The van der Waals surface area contributed by atoms with Gasteiger partial charge in [-0.3, -0.25) is 4.68 Å². The number of carbonyl (C=O) groups is 1. The first kappa shape index (κ1) is 23.8. The molecular weight excluding hydrogens is 417 g/mol. The normalized spacial score (nSPS) is 20.3. The van der Waals surface area contributed by atoms with Gasteiger partial charge in [-0.2, -0.15) is 5.10 Å². The maximum Gasteiger partial charge on any atom is 0.498 e. The number of likely N-dealkylation sites (tertiary alicyclic amines) is 1. The van der Waals surface area contributed by atoms with Crippen molar-refractivity contribution in [3.8, 4) is 0 Å². The topological polar surface area (TPSA) is 65.8 Å². The van der Waals surface area contributed by atoms with Crippen molar-refractivity contribution in [3.63, 3.8) is 0 Å². The Kier molecular flexibility index (Phi) is 6.60. The van der Waals surface area contributed by atoms with Crippen LogP contribution < -0.4 is 5.46 Å². The molecule has 3 heterocycles. The van der Waals surface area contributed by atoms with E-state index >= 15 is 0 Å². The number of ether oxygens (including phenoxy) is 1. The number of aryl methyl sites for hydroxylation is 1. The molecule has 7 nitrogen and oxygen atoms in total. The van der Waals surface area contributed by atoms with Crippen LogP contribution in [0.25, 0.3) is 0 Å². The zero-order valence-corrected chi connectivity index (χ0v) is 20.8. The highest BCUT2D eigenvalue weighted by Gasteiger charge is 2.53. The first-order valence-electron chi connectivity index (χ1n) is 11.9. The Morgan fingerprint density at radius 2 is 1.70 bits per heavy atom. The van der Waals surface area contributed by atoms with Crippen LogP contribution in [-0.4, -0.2) is 52.2 Å². The van der Waals surface area contributed by atoms with Crippen LogP contribution in [0, 0.1) is 19.8 Å². The number of nitrogens with zero attached hydrogens (tertiary/aromatic N) is 3. The third kappa shape index (κ3) is 4.97. The van der Waals surface area contributed by atoms with E-state index in [0.717, 1.165) is 41.8 Å². The van der Waals surface area contributed by atoms with Crippen molar-refractivity contribution < 1.29 is 18.8 Å². The second-order valence-electron chi connectivity index (χ2n) is 10.3. The van der Waals surface area contributed by atoms with Gasteiger partial charge >= 0.3 is 13.2 Å². The molecule has 0 bridgehead atoms. The van der Waals surface area contributed by atoms with Gasteiger partial charge in [0.15, 0.2) is 0 Å². The minimum Gasteiger partial charge on any atom is -0.445 e. The molecule has 2 aromatic rings. The Labute approximate surface area is 197 Å². The van der Waals surface area contributed by atoms with Crippen molar-refractivity contribution >= 4 is 18.7 Å². The van der Waals surface area contributed by atoms with Gasteiger partial charge < -0.3 is 18.9 Å². The lowest BCUT2D eigenvalue weighted by Gasteiger charge is -2.32. The number of carbonyl (C=O) groups excluding carboxylic acids is 1. The number of aromatic nitrogens is 2. The van der Waals surface area contributed by atoms with Gasteiger partial charge in [-0.05, 0) is 65.9 Å². The molecule has 2 aliphatic rings. The second kappa shape index (κ2) is 9.14. The van der Waals surface area contributed by atoms with Crippen LogP contribution in [0.2, 0.25) is 0 Å². The van der Waals surface area contributed by atoms with Crippen molar-refractivity contribution in [2.75, 3.05) is 13.1 Å². The first-order valence-corrected chi connectivity index (χ1v) is 11.9. The fourth-order valence-electron chi connectivity index (χ4n) is 4.54. The van der Waals surface area contributed by atoms with E-state index in [-0.39, 0.29) is 17.3 Å². The van der Waals surface area contributed by atoms with E-state index in [1.165, 1.54) is 0 Å². The molecule has 178 valence electrons. The molecule has 8 heteroatoms. The number of hydrogen-bond acceptors (Lipinski definition) is 5. The van der Waals surface area contributed by atoms with Crippen molar-refractivity contribution in [2.24, 2.45) is 5.92 Å². The summed E-state index contributed by atoms with van der Waals surface area (Å²) in [4.78, 5) is 14.3. The Hall–Kier alpha value is -2.32. The third-order valence-electron chi connectivity index (χ3n) is 7.44. The fraction of sp³-hybridized carbons (Fsp3) is 0.600. The predicted molar refractivity (Wildman–Crippen MR) is 128 cm³/mol. The molecule has 1 amide bonds. The molecule has 4 rings (SSSR count). The van der Waals surface area contributed by atoms with Crippen molar-refractivity contribution in [1.82, 2.24) is 14.7 Å². The summed E-state index contributed by atoms with van der Waals surface area (Å²) < 4.78 is 20.1. The van der Waals surface area contributed by atoms with E-state index < -0.39 is 7.12 Å². The van der Waals surface area contributed by atoms with Crippen LogP contribution in [0.5, 0.6) is 0 Å². The number of benzene rings is 1. The first-order chi connectivity index (χ1) is 15.6. The van der Waals surface area contributed by atoms with E-state index in [9.17, 15) is 4.79 Å². The Morgan fingerprint density at radius 3 is 2.30 bits per heavy atom. The van der Waals surface area contributed by atoms with E-state index in [1.807, 2.05) is 42.2 Å². The van der Waals surface area contributed by atoms with E-state index in [2.05, 4.69) is 39.3 Å². The summed E-state index contributed by atoms with van der Waals surface area (Å²) in [5, 5.41) is 4.81. The molecule has 2 aliphatic heterocycles. The van der Waals surface area contributed by atoms with E-state index in [4.69, 9.17) is 19.1 Å². The summed E-state index contributed by atoms with van der Waals surface area (Å²) in [5.74, 6) is 0.465. The van der Waals surface area contributed by atoms with Gasteiger partial charge in [-0.1, -0.05) is 30.3 Å². The molecule has 1 aromatic carbocycles. The van der Waals surface area contributed by atoms with Crippen LogP contribution >= 0.6 is 0 Å². The Morgan fingerprint density at radius 1 is 1.09 bits per heavy atom. The van der Waals surface area contributed by atoms with Crippen LogP contribution in [-0.2, 0) is 27.2 Å². The lowest BCUT2D eigenvalue weighted by Crippen LogP contribution is -2.41. The highest BCUT2D eigenvalue weighted by Crippen LogP contribution is 2.37. The number of rotatable bonds is 5. The molecule has 0 N–H and O–H groups in total. The SMILES string of the molecule is Cc1nn(CC2CCN(C(=O)OCc3ccccc3)CC2)c(C)c1B1OC(C)(C)C(C)(C)O1. The smallest absolute Gasteiger partial charge is 0.445 e. The Balaban J connectivity index is 1.32. The van der Waals surface area contributed by atoms with Crippen molar-refractivity contribution in [1.29, 1.82) is 0 Å². The van der Waals surface area contributed by atoms with Crippen LogP contribution in [0.3, 0.4) is 0 Å². The average Bonchev–Trinajstić information content (AvgIpc) is 3.16. The van der Waals surface area contributed by atoms with Crippen LogP contribution in [0.4, 0.5) is 4.79 Å². The molecule has 33 heavy (non-hydrogen) atoms. The van der Waals surface area contributed by atoms with Gasteiger partial charge in [-0.25, -0.2) is 4.79 Å². The second-order valence-corrected chi connectivity index (χ2v) is 10.3. The zero-order chi connectivity index (χ0) is 23.8. The summed E-state index contributed by atoms with van der Waals surface area (Å²) in [7, 11) is -0.398. The van der Waals surface area contributed by atoms with Crippen LogP contribution in [0.1, 0.15) is 57.5 Å². The molecule has 0 aliphatic carbocycles. The van der Waals surface area contributed by atoms with Crippen molar-refractivity contribution in [3.05, 3.63) is 47.3 Å². The number of amides is 1. The lowest BCUT2D eigenvalue weighted by molar-refractivity contribution is 0.00578. The van der Waals surface area contributed by atoms with E-state index in [1.54, 1.807) is 0 Å². The summed E-state index contributed by atoms with van der Waals surface area (Å²) in [6.07, 6.45) is 1.64. The molecule has 2 fully saturated rings. The molecule has 0 radical (unpaired) electrons. The largest absolute Gasteiger partial charge is 0.498 e. The number of hydrogen-bond donors (Lipinski definition) is 0. The van der Waals surface area contributed by atoms with Gasteiger partial charge in [0.25, 0.3) is 0 Å². The molecular formula is C25H36BN3O4. The van der Waals surface area contributed by atoms with Crippen LogP contribution in [0.15, 0.2) is 30.3 Å². The molecule has 0 saturated carbocycles. The zero-order valence-electron chi connectivity index (χ0n) is 20.8. The van der Waals surface area contributed by atoms with E-state index in [0.29, 0.717) is 25.6 Å². The minimum absolute atomic E-state index is 0.230. The highest BCUT2D eigenvalue weighted by molar-refractivity contribution is 6.63. The highest BCUT2D eigenvalue weighted by atomic mass is 16.7. The lowest BCUT2D eigenvalue weighted by atomic mass is 9.77. The van der Waals surface area contributed by atoms with Crippen molar-refractivity contribution in [2.45, 2.75) is 78.7 Å². The quantitative estimate of drug-likeness (QED) is 0.644. The molecule has 0 spiro atoms. The molecule has 1 aromatic heterocycles. The third-order valence-corrected chi connectivity index (χ3v) is 7.44. The summed E-state index contributed by atoms with van der Waals surface area (Å²) >= 11 is 0. The molecule has 0 unspecified atom stereocenters. The Bertz CT molecular complexity index is 965.